The third-order valence-electron chi connectivity index (χ3n) is 1.22. The topological polar surface area (TPSA) is 83.5 Å². The Morgan fingerprint density at radius 2 is 1.62 bits per heavy atom. The van der Waals surface area contributed by atoms with Crippen molar-refractivity contribution in [3.63, 3.8) is 0 Å². The molecule has 0 N–H and O–H groups in total. The Morgan fingerprint density at radius 3 is 1.81 bits per heavy atom. The van der Waals surface area contributed by atoms with Crippen LogP contribution in [0.2, 0.25) is 0 Å². The highest BCUT2D eigenvalue weighted by Gasteiger charge is 2.62. The first kappa shape index (κ1) is 15.0. The number of carbonyl (C=O) groups excluding carboxylic acids is 1. The van der Waals surface area contributed by atoms with Crippen molar-refractivity contribution < 1.29 is 44.5 Å². The number of halogens is 5. The van der Waals surface area contributed by atoms with E-state index in [0.717, 1.165) is 0 Å². The first-order chi connectivity index (χ1) is 6.80. The minimum Gasteiger partial charge on any atom is -0.743 e. The van der Waals surface area contributed by atoms with Gasteiger partial charge < -0.3 is 9.29 Å². The Labute approximate surface area is 85.9 Å². The lowest BCUT2D eigenvalue weighted by Crippen LogP contribution is -2.52. The summed E-state index contributed by atoms with van der Waals surface area (Å²) in [6.45, 7) is 0.353. The number of hydrogen-bond donors (Lipinski definition) is 0. The number of hydrogen-bond acceptors (Lipinski definition) is 5. The molecule has 0 aliphatic heterocycles. The molecule has 0 aliphatic carbocycles. The second kappa shape index (κ2) is 4.13. The van der Waals surface area contributed by atoms with Gasteiger partial charge in [0.05, 0.1) is 0 Å². The minimum atomic E-state index is -6.61. The molecule has 11 heteroatoms. The molecule has 5 nitrogen and oxygen atoms in total. The molecule has 0 spiro atoms. The van der Waals surface area contributed by atoms with Gasteiger partial charge in [-0.1, -0.05) is 0 Å². The minimum absolute atomic E-state index is 0.353. The van der Waals surface area contributed by atoms with E-state index < -0.39 is 33.6 Å². The van der Waals surface area contributed by atoms with Crippen LogP contribution >= 0.6 is 0 Å². The molecule has 16 heavy (non-hydrogen) atoms. The van der Waals surface area contributed by atoms with Crippen molar-refractivity contribution in [1.29, 1.82) is 0 Å². The van der Waals surface area contributed by atoms with Crippen LogP contribution in [-0.2, 0) is 19.6 Å². The molecule has 0 amide bonds. The summed E-state index contributed by atoms with van der Waals surface area (Å²) < 4.78 is 93.8. The summed E-state index contributed by atoms with van der Waals surface area (Å²) in [5.74, 6) is -1.80. The van der Waals surface area contributed by atoms with Crippen molar-refractivity contribution in [2.75, 3.05) is 0 Å². The highest BCUT2D eigenvalue weighted by Crippen LogP contribution is 2.37. The maximum absolute atomic E-state index is 12.6. The predicted octanol–water partition coefficient (Wildman–Crippen LogP) is 0.618. The Balaban J connectivity index is 5.45. The summed E-state index contributed by atoms with van der Waals surface area (Å²) in [5.41, 5.74) is 0. The number of alkyl halides is 5. The van der Waals surface area contributed by atoms with Crippen molar-refractivity contribution in [2.24, 2.45) is 0 Å². The molecule has 0 saturated heterocycles. The maximum atomic E-state index is 12.6. The molecule has 0 bridgehead atoms. The predicted molar refractivity (Wildman–Crippen MR) is 36.3 cm³/mol. The summed E-state index contributed by atoms with van der Waals surface area (Å²) >= 11 is 0. The van der Waals surface area contributed by atoms with Gasteiger partial charge in [0.25, 0.3) is 6.10 Å². The summed E-state index contributed by atoms with van der Waals surface area (Å²) in [6.07, 6.45) is -10.2. The summed E-state index contributed by atoms with van der Waals surface area (Å²) in [7, 11) is -6.61. The van der Waals surface area contributed by atoms with Crippen molar-refractivity contribution in [2.45, 2.75) is 24.5 Å². The number of ether oxygens (including phenoxy) is 1. The van der Waals surface area contributed by atoms with Gasteiger partial charge in [-0.05, 0) is 0 Å². The molecule has 0 aromatic rings. The first-order valence-electron chi connectivity index (χ1n) is 3.37. The van der Waals surface area contributed by atoms with E-state index in [-0.39, 0.29) is 0 Å². The molecule has 0 heterocycles. The summed E-state index contributed by atoms with van der Waals surface area (Å²) in [4.78, 5) is 10.1. The summed E-state index contributed by atoms with van der Waals surface area (Å²) in [6, 6.07) is 0. The van der Waals surface area contributed by atoms with Gasteiger partial charge in [0.1, 0.15) is 0 Å². The largest absolute Gasteiger partial charge is 0.743 e. The molecule has 0 rings (SSSR count). The van der Waals surface area contributed by atoms with Crippen molar-refractivity contribution in [1.82, 2.24) is 0 Å². The van der Waals surface area contributed by atoms with E-state index in [1.54, 1.807) is 0 Å². The summed E-state index contributed by atoms with van der Waals surface area (Å²) in [5, 5.41) is -5.78. The van der Waals surface area contributed by atoms with Crippen molar-refractivity contribution in [3.8, 4) is 0 Å². The van der Waals surface area contributed by atoms with Crippen LogP contribution in [-0.4, -0.2) is 36.5 Å². The van der Waals surface area contributed by atoms with Gasteiger partial charge in [-0.15, -0.1) is 0 Å². The van der Waals surface area contributed by atoms with Crippen molar-refractivity contribution >= 4 is 16.1 Å². The Morgan fingerprint density at radius 1 is 1.25 bits per heavy atom. The van der Waals surface area contributed by atoms with Crippen molar-refractivity contribution in [3.05, 3.63) is 0 Å². The van der Waals surface area contributed by atoms with E-state index in [1.165, 1.54) is 0 Å². The van der Waals surface area contributed by atoms with Crippen LogP contribution < -0.4 is 0 Å². The van der Waals surface area contributed by atoms with Gasteiger partial charge >= 0.3 is 17.4 Å². The normalized spacial score (nSPS) is 15.7. The van der Waals surface area contributed by atoms with E-state index in [4.69, 9.17) is 0 Å². The third-order valence-corrected chi connectivity index (χ3v) is 2.10. The van der Waals surface area contributed by atoms with Crippen LogP contribution in [0.1, 0.15) is 6.92 Å². The Hall–Kier alpha value is -0.970. The standard InChI is InChI=1S/C5H5F5O5S/c1-2(11)15-3(4(6,7)8)5(9,10)16(12,13)14/h3H,1H3,(H,12,13,14)/p-1. The van der Waals surface area contributed by atoms with Crippen LogP contribution in [0.5, 0.6) is 0 Å². The van der Waals surface area contributed by atoms with Crippen LogP contribution in [0.15, 0.2) is 0 Å². The Kier molecular flexibility index (Phi) is 3.88. The number of carbonyl (C=O) groups is 1. The van der Waals surface area contributed by atoms with Gasteiger partial charge in [0.15, 0.2) is 10.1 Å². The van der Waals surface area contributed by atoms with E-state index in [1.807, 2.05) is 0 Å². The smallest absolute Gasteiger partial charge is 0.432 e. The maximum Gasteiger partial charge on any atom is 0.432 e. The van der Waals surface area contributed by atoms with Crippen LogP contribution in [0, 0.1) is 0 Å². The molecule has 0 aliphatic rings. The molecular weight excluding hydrogens is 267 g/mol. The molecule has 0 fully saturated rings. The molecule has 1 unspecified atom stereocenters. The average molecular weight is 271 g/mol. The molecule has 0 saturated carbocycles. The lowest BCUT2D eigenvalue weighted by atomic mass is 10.3. The quantitative estimate of drug-likeness (QED) is 0.427. The van der Waals surface area contributed by atoms with Crippen LogP contribution in [0.25, 0.3) is 0 Å². The van der Waals surface area contributed by atoms with Crippen LogP contribution in [0.4, 0.5) is 22.0 Å². The van der Waals surface area contributed by atoms with Gasteiger partial charge in [0.2, 0.25) is 0 Å². The zero-order valence-corrected chi connectivity index (χ0v) is 8.23. The third kappa shape index (κ3) is 3.27. The SMILES string of the molecule is CC(=O)OC(C(F)(F)F)C(F)(F)S(=O)(=O)[O-]. The van der Waals surface area contributed by atoms with E-state index >= 15 is 0 Å². The lowest BCUT2D eigenvalue weighted by Gasteiger charge is -2.29. The second-order valence-corrected chi connectivity index (χ2v) is 4.00. The van der Waals surface area contributed by atoms with Gasteiger partial charge in [-0.25, -0.2) is 8.42 Å². The van der Waals surface area contributed by atoms with E-state index in [2.05, 4.69) is 4.74 Å². The van der Waals surface area contributed by atoms with Crippen LogP contribution in [0.3, 0.4) is 0 Å². The molecule has 0 radical (unpaired) electrons. The van der Waals surface area contributed by atoms with Gasteiger partial charge in [0, 0.05) is 6.92 Å². The molecular formula is C5H4F5O5S-. The average Bonchev–Trinajstić information content (AvgIpc) is 1.95. The van der Waals surface area contributed by atoms with Gasteiger partial charge in [-0.3, -0.25) is 4.79 Å². The molecule has 0 aromatic carbocycles. The second-order valence-electron chi connectivity index (χ2n) is 2.55. The molecule has 96 valence electrons. The zero-order valence-electron chi connectivity index (χ0n) is 7.42. The number of rotatable bonds is 3. The number of esters is 1. The molecule has 0 aromatic heterocycles. The highest BCUT2D eigenvalue weighted by atomic mass is 32.2. The zero-order chi connectivity index (χ0) is 13.4. The highest BCUT2D eigenvalue weighted by molar-refractivity contribution is 7.86. The first-order valence-corrected chi connectivity index (χ1v) is 4.78. The fourth-order valence-corrected chi connectivity index (χ4v) is 1.07. The fraction of sp³-hybridized carbons (Fsp3) is 0.800. The van der Waals surface area contributed by atoms with E-state index in [0.29, 0.717) is 6.92 Å². The van der Waals surface area contributed by atoms with E-state index in [9.17, 15) is 39.7 Å². The fourth-order valence-electron chi connectivity index (χ4n) is 0.623. The monoisotopic (exact) mass is 271 g/mol. The van der Waals surface area contributed by atoms with Gasteiger partial charge in [-0.2, -0.15) is 22.0 Å². The molecule has 1 atom stereocenters. The Bertz CT molecular complexity index is 371. The lowest BCUT2D eigenvalue weighted by molar-refractivity contribution is -0.258.